The molecular weight excluding hydrogens is 308 g/mol. The van der Waals surface area contributed by atoms with E-state index in [9.17, 15) is 0 Å². The lowest BCUT2D eigenvalue weighted by Gasteiger charge is -2.33. The van der Waals surface area contributed by atoms with Crippen molar-refractivity contribution in [1.29, 1.82) is 0 Å². The lowest BCUT2D eigenvalue weighted by molar-refractivity contribution is 0.168. The minimum absolute atomic E-state index is 0.753. The van der Waals surface area contributed by atoms with Gasteiger partial charge in [-0.05, 0) is 52.8 Å². The van der Waals surface area contributed by atoms with Crippen molar-refractivity contribution < 1.29 is 0 Å². The molecule has 0 spiro atoms. The minimum atomic E-state index is 0.753. The van der Waals surface area contributed by atoms with Gasteiger partial charge in [-0.1, -0.05) is 6.92 Å². The van der Waals surface area contributed by atoms with Crippen LogP contribution in [0.5, 0.6) is 0 Å². The number of rotatable bonds is 4. The largest absolute Gasteiger partial charge is 0.298 e. The van der Waals surface area contributed by atoms with Crippen LogP contribution in [0.25, 0.3) is 0 Å². The van der Waals surface area contributed by atoms with Crippen molar-refractivity contribution in [3.05, 3.63) is 43.8 Å². The van der Waals surface area contributed by atoms with Gasteiger partial charge in [0, 0.05) is 49.0 Å². The summed E-state index contributed by atoms with van der Waals surface area (Å²) in [6.07, 6.45) is 2.49. The van der Waals surface area contributed by atoms with E-state index in [1.54, 1.807) is 20.9 Å². The average Bonchev–Trinajstić information content (AvgIpc) is 3.14. The smallest absolute Gasteiger partial charge is 0.0330 e. The van der Waals surface area contributed by atoms with E-state index in [-0.39, 0.29) is 0 Å². The predicted molar refractivity (Wildman–Crippen MR) is 95.8 cm³/mol. The molecule has 0 bridgehead atoms. The van der Waals surface area contributed by atoms with Gasteiger partial charge in [0.25, 0.3) is 0 Å². The molecular formula is C18H24N2S2. The lowest BCUT2D eigenvalue weighted by atomic mass is 10.0. The molecule has 0 fully saturated rings. The number of fused-ring (bicyclic) bond motifs is 2. The Morgan fingerprint density at radius 2 is 1.41 bits per heavy atom. The first kappa shape index (κ1) is 14.9. The maximum Gasteiger partial charge on any atom is 0.0330 e. The summed E-state index contributed by atoms with van der Waals surface area (Å²) in [6, 6.07) is 4.63. The van der Waals surface area contributed by atoms with Crippen molar-refractivity contribution in [2.75, 3.05) is 26.2 Å². The molecule has 4 heteroatoms. The van der Waals surface area contributed by atoms with Crippen LogP contribution in [0.2, 0.25) is 0 Å². The first-order chi connectivity index (χ1) is 10.8. The summed E-state index contributed by atoms with van der Waals surface area (Å²) in [7, 11) is 0. The monoisotopic (exact) mass is 332 g/mol. The van der Waals surface area contributed by atoms with E-state index in [0.29, 0.717) is 0 Å². The van der Waals surface area contributed by atoms with Crippen LogP contribution < -0.4 is 0 Å². The van der Waals surface area contributed by atoms with Crippen molar-refractivity contribution in [3.63, 3.8) is 0 Å². The van der Waals surface area contributed by atoms with Crippen LogP contribution in [0, 0.1) is 5.92 Å². The molecule has 118 valence electrons. The van der Waals surface area contributed by atoms with Gasteiger partial charge in [-0.3, -0.25) is 9.80 Å². The van der Waals surface area contributed by atoms with E-state index >= 15 is 0 Å². The summed E-state index contributed by atoms with van der Waals surface area (Å²) in [4.78, 5) is 8.51. The zero-order valence-electron chi connectivity index (χ0n) is 13.3. The lowest BCUT2D eigenvalue weighted by Crippen LogP contribution is -2.39. The Morgan fingerprint density at radius 1 is 0.909 bits per heavy atom. The first-order valence-corrected chi connectivity index (χ1v) is 10.1. The molecule has 0 radical (unpaired) electrons. The van der Waals surface area contributed by atoms with E-state index in [0.717, 1.165) is 5.92 Å². The van der Waals surface area contributed by atoms with Gasteiger partial charge in [0.1, 0.15) is 0 Å². The zero-order chi connectivity index (χ0) is 14.9. The van der Waals surface area contributed by atoms with Crippen molar-refractivity contribution in [2.45, 2.75) is 32.9 Å². The molecule has 2 aromatic rings. The van der Waals surface area contributed by atoms with Gasteiger partial charge in [0.2, 0.25) is 0 Å². The third-order valence-corrected chi connectivity index (χ3v) is 6.84. The Kier molecular flexibility index (Phi) is 4.36. The quantitative estimate of drug-likeness (QED) is 0.839. The number of hydrogen-bond acceptors (Lipinski definition) is 4. The highest BCUT2D eigenvalue weighted by Crippen LogP contribution is 2.26. The maximum atomic E-state index is 2.66. The molecule has 2 aromatic heterocycles. The van der Waals surface area contributed by atoms with Gasteiger partial charge < -0.3 is 0 Å². The zero-order valence-corrected chi connectivity index (χ0v) is 14.9. The molecule has 0 amide bonds. The van der Waals surface area contributed by atoms with Crippen LogP contribution in [0.15, 0.2) is 22.9 Å². The van der Waals surface area contributed by atoms with Gasteiger partial charge in [-0.15, -0.1) is 22.7 Å². The average molecular weight is 333 g/mol. The summed E-state index contributed by atoms with van der Waals surface area (Å²) in [6.45, 7) is 9.73. The molecule has 4 heterocycles. The molecule has 0 saturated heterocycles. The molecule has 0 aliphatic carbocycles. The van der Waals surface area contributed by atoms with E-state index in [1.807, 2.05) is 22.7 Å². The Bertz CT molecular complexity index is 576. The van der Waals surface area contributed by atoms with Crippen molar-refractivity contribution in [2.24, 2.45) is 5.92 Å². The highest BCUT2D eigenvalue weighted by molar-refractivity contribution is 7.10. The molecule has 2 aliphatic heterocycles. The number of thiophene rings is 2. The second-order valence-corrected chi connectivity index (χ2v) is 8.81. The molecule has 0 unspecified atom stereocenters. The molecule has 2 aliphatic rings. The number of nitrogens with zero attached hydrogens (tertiary/aromatic N) is 2. The van der Waals surface area contributed by atoms with E-state index in [1.165, 1.54) is 52.1 Å². The SMILES string of the molecule is CC(CN1CCc2ccsc2C1)CN1CCc2ccsc2C1. The van der Waals surface area contributed by atoms with Gasteiger partial charge in [-0.25, -0.2) is 0 Å². The standard InChI is InChI=1S/C18H24N2S2/c1-14(10-19-6-2-15-4-8-21-17(15)12-19)11-20-7-3-16-5-9-22-18(16)13-20/h4-5,8-9,14H,2-3,6-7,10-13H2,1H3. The van der Waals surface area contributed by atoms with Crippen LogP contribution >= 0.6 is 22.7 Å². The van der Waals surface area contributed by atoms with Crippen LogP contribution in [0.1, 0.15) is 27.8 Å². The van der Waals surface area contributed by atoms with Gasteiger partial charge >= 0.3 is 0 Å². The minimum Gasteiger partial charge on any atom is -0.298 e. The Balaban J connectivity index is 1.29. The third-order valence-electron chi connectivity index (χ3n) is 4.94. The summed E-state index contributed by atoms with van der Waals surface area (Å²) in [5.74, 6) is 0.753. The van der Waals surface area contributed by atoms with Crippen LogP contribution in [0.4, 0.5) is 0 Å². The van der Waals surface area contributed by atoms with Crippen molar-refractivity contribution >= 4 is 22.7 Å². The van der Waals surface area contributed by atoms with Crippen LogP contribution in [0.3, 0.4) is 0 Å². The summed E-state index contributed by atoms with van der Waals surface area (Å²) >= 11 is 3.87. The molecule has 4 rings (SSSR count). The first-order valence-electron chi connectivity index (χ1n) is 8.33. The fourth-order valence-corrected chi connectivity index (χ4v) is 5.78. The van der Waals surface area contributed by atoms with Gasteiger partial charge in [0.05, 0.1) is 0 Å². The fourth-order valence-electron chi connectivity index (χ4n) is 3.83. The Morgan fingerprint density at radius 3 is 1.91 bits per heavy atom. The normalized spacial score (nSPS) is 19.4. The van der Waals surface area contributed by atoms with Crippen LogP contribution in [-0.2, 0) is 25.9 Å². The fraction of sp³-hybridized carbons (Fsp3) is 0.556. The predicted octanol–water partition coefficient (Wildman–Crippen LogP) is 3.86. The molecule has 2 nitrogen and oxygen atoms in total. The third kappa shape index (κ3) is 3.16. The Labute approximate surface area is 141 Å². The topological polar surface area (TPSA) is 6.48 Å². The summed E-state index contributed by atoms with van der Waals surface area (Å²) < 4.78 is 0. The summed E-state index contributed by atoms with van der Waals surface area (Å²) in [5.41, 5.74) is 3.19. The molecule has 0 N–H and O–H groups in total. The van der Waals surface area contributed by atoms with E-state index in [4.69, 9.17) is 0 Å². The number of hydrogen-bond donors (Lipinski definition) is 0. The Hall–Kier alpha value is -0.680. The van der Waals surface area contributed by atoms with E-state index < -0.39 is 0 Å². The molecule has 0 saturated carbocycles. The molecule has 0 atom stereocenters. The van der Waals surface area contributed by atoms with Crippen molar-refractivity contribution in [1.82, 2.24) is 9.80 Å². The molecule has 22 heavy (non-hydrogen) atoms. The van der Waals surface area contributed by atoms with Gasteiger partial charge in [0.15, 0.2) is 0 Å². The second kappa shape index (κ2) is 6.44. The molecule has 0 aromatic carbocycles. The van der Waals surface area contributed by atoms with Crippen LogP contribution in [-0.4, -0.2) is 36.0 Å². The van der Waals surface area contributed by atoms with Gasteiger partial charge in [-0.2, -0.15) is 0 Å². The highest BCUT2D eigenvalue weighted by atomic mass is 32.1. The summed E-state index contributed by atoms with van der Waals surface area (Å²) in [5, 5.41) is 4.51. The highest BCUT2D eigenvalue weighted by Gasteiger charge is 2.22. The maximum absolute atomic E-state index is 2.66. The second-order valence-electron chi connectivity index (χ2n) is 6.81. The van der Waals surface area contributed by atoms with Crippen molar-refractivity contribution in [3.8, 4) is 0 Å². The van der Waals surface area contributed by atoms with E-state index in [2.05, 4.69) is 39.6 Å².